The van der Waals surface area contributed by atoms with Gasteiger partial charge in [-0.05, 0) is 48.0 Å². The van der Waals surface area contributed by atoms with E-state index >= 15 is 0 Å². The lowest BCUT2D eigenvalue weighted by molar-refractivity contribution is 0.0877. The maximum absolute atomic E-state index is 13.3. The van der Waals surface area contributed by atoms with E-state index in [9.17, 15) is 4.79 Å². The summed E-state index contributed by atoms with van der Waals surface area (Å²) >= 11 is 0. The Morgan fingerprint density at radius 1 is 1.14 bits per heavy atom. The van der Waals surface area contributed by atoms with Crippen LogP contribution in [-0.2, 0) is 15.8 Å². The topological polar surface area (TPSA) is 69.0 Å². The van der Waals surface area contributed by atoms with Crippen molar-refractivity contribution >= 4 is 20.2 Å². The van der Waals surface area contributed by atoms with Crippen LogP contribution in [0.3, 0.4) is 0 Å². The molecule has 1 amide bonds. The summed E-state index contributed by atoms with van der Waals surface area (Å²) in [6, 6.07) is 9.57. The molecule has 8 heteroatoms. The van der Waals surface area contributed by atoms with Crippen LogP contribution in [0, 0.1) is 0 Å². The van der Waals surface area contributed by atoms with Gasteiger partial charge in [0, 0.05) is 31.6 Å². The van der Waals surface area contributed by atoms with Gasteiger partial charge >= 0.3 is 6.09 Å². The Balaban J connectivity index is 1.39. The van der Waals surface area contributed by atoms with E-state index in [0.29, 0.717) is 24.7 Å². The zero-order valence-corrected chi connectivity index (χ0v) is 22.4. The molecule has 0 N–H and O–H groups in total. The average Bonchev–Trinajstić information content (AvgIpc) is 3.44. The Morgan fingerprint density at radius 2 is 1.89 bits per heavy atom. The molecule has 2 aromatic heterocycles. The van der Waals surface area contributed by atoms with Crippen LogP contribution in [0.25, 0.3) is 5.78 Å². The molecule has 7 nitrogen and oxygen atoms in total. The van der Waals surface area contributed by atoms with E-state index in [0.717, 1.165) is 11.3 Å². The van der Waals surface area contributed by atoms with E-state index in [4.69, 9.17) is 14.1 Å². The first-order valence-corrected chi connectivity index (χ1v) is 15.5. The van der Waals surface area contributed by atoms with Gasteiger partial charge in [-0.15, -0.1) is 0 Å². The first-order valence-electron chi connectivity index (χ1n) is 12.6. The van der Waals surface area contributed by atoms with Gasteiger partial charge in [-0.2, -0.15) is 0 Å². The Bertz CT molecular complexity index is 1200. The number of carbonyl (C=O) groups is 1. The van der Waals surface area contributed by atoms with Crippen LogP contribution in [0.15, 0.2) is 48.9 Å². The predicted octanol–water partition coefficient (Wildman–Crippen LogP) is 6.08. The maximum atomic E-state index is 13.3. The summed E-state index contributed by atoms with van der Waals surface area (Å²) in [5.41, 5.74) is 3.06. The first kappa shape index (κ1) is 24.0. The van der Waals surface area contributed by atoms with Crippen LogP contribution in [0.4, 0.5) is 4.79 Å². The molecule has 1 aliphatic heterocycles. The second kappa shape index (κ2) is 9.06. The molecule has 2 fully saturated rings. The zero-order chi connectivity index (χ0) is 24.8. The largest absolute Gasteiger partial charge is 0.445 e. The number of amides is 1. The highest BCUT2D eigenvalue weighted by Crippen LogP contribution is 2.42. The van der Waals surface area contributed by atoms with Gasteiger partial charge in [-0.25, -0.2) is 14.8 Å². The van der Waals surface area contributed by atoms with Gasteiger partial charge in [0.05, 0.1) is 17.8 Å². The molecule has 0 unspecified atom stereocenters. The van der Waals surface area contributed by atoms with E-state index < -0.39 is 8.32 Å². The highest BCUT2D eigenvalue weighted by molar-refractivity contribution is 6.74. The number of benzene rings is 1. The van der Waals surface area contributed by atoms with Crippen molar-refractivity contribution in [1.29, 1.82) is 0 Å². The Hall–Kier alpha value is -2.71. The standard InChI is InChI=1S/C27H36N4O3Si/c1-27(2,3)35(4,5)34-22-13-24(31(16-22)26(32)33-18-19-9-7-6-8-10-19)23-17-30-15-21(20-11-12-20)14-28-25(30)29-23/h6-10,14-15,17,20,22,24H,11-13,16,18H2,1-5H3/t22-,24+/m0/s1. The van der Waals surface area contributed by atoms with Gasteiger partial charge < -0.3 is 9.16 Å². The number of hydrogen-bond acceptors (Lipinski definition) is 5. The lowest BCUT2D eigenvalue weighted by Gasteiger charge is -2.38. The summed E-state index contributed by atoms with van der Waals surface area (Å²) in [5.74, 6) is 1.28. The molecule has 1 aromatic carbocycles. The summed E-state index contributed by atoms with van der Waals surface area (Å²) < 4.78 is 14.5. The number of imidazole rings is 1. The van der Waals surface area contributed by atoms with E-state index in [-0.39, 0.29) is 29.9 Å². The van der Waals surface area contributed by atoms with Crippen LogP contribution >= 0.6 is 0 Å². The van der Waals surface area contributed by atoms with E-state index in [1.165, 1.54) is 18.4 Å². The molecule has 5 rings (SSSR count). The number of fused-ring (bicyclic) bond motifs is 1. The lowest BCUT2D eigenvalue weighted by atomic mass is 10.1. The number of hydrogen-bond donors (Lipinski definition) is 0. The minimum atomic E-state index is -2.00. The maximum Gasteiger partial charge on any atom is 0.410 e. The fourth-order valence-corrected chi connectivity index (χ4v) is 5.83. The number of aromatic nitrogens is 3. The Kier molecular flexibility index (Phi) is 6.21. The van der Waals surface area contributed by atoms with Crippen molar-refractivity contribution < 1.29 is 14.0 Å². The zero-order valence-electron chi connectivity index (χ0n) is 21.4. The van der Waals surface area contributed by atoms with Gasteiger partial charge in [-0.1, -0.05) is 51.1 Å². The normalized spacial score (nSPS) is 21.0. The van der Waals surface area contributed by atoms with E-state index in [1.54, 1.807) is 4.90 Å². The van der Waals surface area contributed by atoms with Gasteiger partial charge in [-0.3, -0.25) is 9.30 Å². The second-order valence-corrected chi connectivity index (χ2v) is 16.2. The molecule has 1 saturated carbocycles. The van der Waals surface area contributed by atoms with Crippen LogP contribution in [0.5, 0.6) is 0 Å². The van der Waals surface area contributed by atoms with Gasteiger partial charge in [0.2, 0.25) is 5.78 Å². The predicted molar refractivity (Wildman–Crippen MR) is 138 cm³/mol. The van der Waals surface area contributed by atoms with Crippen molar-refractivity contribution in [1.82, 2.24) is 19.3 Å². The number of nitrogens with zero attached hydrogens (tertiary/aromatic N) is 4. The van der Waals surface area contributed by atoms with Crippen LogP contribution in [0.1, 0.15) is 68.8 Å². The Labute approximate surface area is 208 Å². The number of carbonyl (C=O) groups excluding carboxylic acids is 1. The van der Waals surface area contributed by atoms with Crippen molar-refractivity contribution in [3.8, 4) is 0 Å². The Morgan fingerprint density at radius 3 is 2.57 bits per heavy atom. The third kappa shape index (κ3) is 5.14. The third-order valence-electron chi connectivity index (χ3n) is 7.71. The van der Waals surface area contributed by atoms with Gasteiger partial charge in [0.25, 0.3) is 0 Å². The fraction of sp³-hybridized carbons (Fsp3) is 0.519. The van der Waals surface area contributed by atoms with Crippen LogP contribution in [-0.4, -0.2) is 46.3 Å². The highest BCUT2D eigenvalue weighted by atomic mass is 28.4. The molecule has 186 valence electrons. The van der Waals surface area contributed by atoms with Crippen LogP contribution < -0.4 is 0 Å². The molecule has 2 aliphatic rings. The molecule has 0 spiro atoms. The quantitative estimate of drug-likeness (QED) is 0.390. The highest BCUT2D eigenvalue weighted by Gasteiger charge is 2.45. The number of rotatable bonds is 6. The molecule has 1 aliphatic carbocycles. The summed E-state index contributed by atoms with van der Waals surface area (Å²) in [6.45, 7) is 12.0. The fourth-order valence-electron chi connectivity index (χ4n) is 4.47. The van der Waals surface area contributed by atoms with Crippen molar-refractivity contribution in [2.45, 2.75) is 82.8 Å². The third-order valence-corrected chi connectivity index (χ3v) is 12.2. The van der Waals surface area contributed by atoms with E-state index in [2.05, 4.69) is 45.0 Å². The van der Waals surface area contributed by atoms with Crippen molar-refractivity contribution in [3.63, 3.8) is 0 Å². The summed E-state index contributed by atoms with van der Waals surface area (Å²) in [4.78, 5) is 24.5. The molecule has 2 atom stereocenters. The molecule has 0 radical (unpaired) electrons. The lowest BCUT2D eigenvalue weighted by Crippen LogP contribution is -2.44. The van der Waals surface area contributed by atoms with Gasteiger partial charge in [0.15, 0.2) is 8.32 Å². The summed E-state index contributed by atoms with van der Waals surface area (Å²) in [6.07, 6.45) is 8.86. The minimum absolute atomic E-state index is 0.0510. The first-order chi connectivity index (χ1) is 16.6. The minimum Gasteiger partial charge on any atom is -0.445 e. The smallest absolute Gasteiger partial charge is 0.410 e. The average molecular weight is 493 g/mol. The van der Waals surface area contributed by atoms with Crippen molar-refractivity contribution in [3.05, 3.63) is 65.7 Å². The van der Waals surface area contributed by atoms with Crippen molar-refractivity contribution in [2.75, 3.05) is 6.54 Å². The number of ether oxygens (including phenoxy) is 1. The van der Waals surface area contributed by atoms with Crippen LogP contribution in [0.2, 0.25) is 18.1 Å². The molecular weight excluding hydrogens is 456 g/mol. The molecule has 35 heavy (non-hydrogen) atoms. The SMILES string of the molecule is CC(C)(C)[Si](C)(C)O[C@H]1C[C@H](c2cn3cc(C4CC4)cnc3n2)N(C(=O)OCc2ccccc2)C1. The monoisotopic (exact) mass is 492 g/mol. The summed E-state index contributed by atoms with van der Waals surface area (Å²) in [5, 5.41) is 0.0932. The second-order valence-electron chi connectivity index (χ2n) is 11.5. The van der Waals surface area contributed by atoms with Crippen molar-refractivity contribution in [2.24, 2.45) is 0 Å². The number of likely N-dealkylation sites (tertiary alicyclic amines) is 1. The molecule has 0 bridgehead atoms. The summed E-state index contributed by atoms with van der Waals surface area (Å²) in [7, 11) is -2.00. The van der Waals surface area contributed by atoms with Gasteiger partial charge in [0.1, 0.15) is 6.61 Å². The molecule has 1 saturated heterocycles. The molecule has 3 heterocycles. The molecule has 3 aromatic rings. The van der Waals surface area contributed by atoms with E-state index in [1.807, 2.05) is 47.1 Å². The molecular formula is C27H36N4O3Si.